The van der Waals surface area contributed by atoms with Crippen molar-refractivity contribution in [2.24, 2.45) is 0 Å². The van der Waals surface area contributed by atoms with Gasteiger partial charge in [-0.1, -0.05) is 32.0 Å². The fraction of sp³-hybridized carbons (Fsp3) is 0.190. The van der Waals surface area contributed by atoms with Gasteiger partial charge in [-0.3, -0.25) is 0 Å². The van der Waals surface area contributed by atoms with Crippen molar-refractivity contribution in [2.75, 3.05) is 12.4 Å². The van der Waals surface area contributed by atoms with E-state index in [9.17, 15) is 9.90 Å². The number of carboxylic acids is 1. The number of rotatable bonds is 6. The Morgan fingerprint density at radius 3 is 2.63 bits per heavy atom. The Bertz CT molecular complexity index is 970. The molecule has 0 atom stereocenters. The van der Waals surface area contributed by atoms with Crippen LogP contribution in [0.15, 0.2) is 54.7 Å². The van der Waals surface area contributed by atoms with Crippen molar-refractivity contribution in [1.29, 1.82) is 0 Å². The van der Waals surface area contributed by atoms with Crippen LogP contribution >= 0.6 is 0 Å². The highest BCUT2D eigenvalue weighted by atomic mass is 16.5. The van der Waals surface area contributed by atoms with E-state index in [-0.39, 0.29) is 5.92 Å². The molecule has 3 aromatic rings. The van der Waals surface area contributed by atoms with Crippen LogP contribution < -0.4 is 10.1 Å². The predicted octanol–water partition coefficient (Wildman–Crippen LogP) is 4.72. The molecule has 6 heteroatoms. The van der Waals surface area contributed by atoms with Gasteiger partial charge in [-0.2, -0.15) is 0 Å². The van der Waals surface area contributed by atoms with E-state index in [4.69, 9.17) is 4.74 Å². The summed E-state index contributed by atoms with van der Waals surface area (Å²) in [5, 5.41) is 12.5. The van der Waals surface area contributed by atoms with Crippen LogP contribution in [0.25, 0.3) is 11.3 Å². The van der Waals surface area contributed by atoms with Crippen molar-refractivity contribution >= 4 is 17.6 Å². The molecule has 0 radical (unpaired) electrons. The third-order valence-corrected chi connectivity index (χ3v) is 4.21. The number of anilines is 2. The van der Waals surface area contributed by atoms with Crippen molar-refractivity contribution < 1.29 is 14.6 Å². The lowest BCUT2D eigenvalue weighted by Crippen LogP contribution is -2.04. The number of aromatic carboxylic acids is 1. The van der Waals surface area contributed by atoms with Crippen molar-refractivity contribution in [3.63, 3.8) is 0 Å². The molecule has 0 amide bonds. The number of nitrogens with one attached hydrogen (secondary N) is 1. The summed E-state index contributed by atoms with van der Waals surface area (Å²) in [5.41, 5.74) is 3.41. The van der Waals surface area contributed by atoms with Crippen LogP contribution in [0.2, 0.25) is 0 Å². The number of carbonyl (C=O) groups is 1. The average Bonchev–Trinajstić information content (AvgIpc) is 2.68. The molecule has 1 aromatic heterocycles. The van der Waals surface area contributed by atoms with Gasteiger partial charge in [0.05, 0.1) is 24.1 Å². The molecule has 0 spiro atoms. The molecule has 0 saturated carbocycles. The van der Waals surface area contributed by atoms with E-state index in [0.29, 0.717) is 23.0 Å². The van der Waals surface area contributed by atoms with Gasteiger partial charge in [0.15, 0.2) is 0 Å². The summed E-state index contributed by atoms with van der Waals surface area (Å²) in [6.07, 6.45) is 1.67. The Morgan fingerprint density at radius 1 is 1.15 bits per heavy atom. The zero-order chi connectivity index (χ0) is 19.4. The Kier molecular flexibility index (Phi) is 5.35. The van der Waals surface area contributed by atoms with Gasteiger partial charge in [0.2, 0.25) is 5.95 Å². The first-order valence-electron chi connectivity index (χ1n) is 8.60. The quantitative estimate of drug-likeness (QED) is 0.659. The van der Waals surface area contributed by atoms with Crippen molar-refractivity contribution in [2.45, 2.75) is 19.8 Å². The Balaban J connectivity index is 1.96. The van der Waals surface area contributed by atoms with Crippen LogP contribution in [0.1, 0.15) is 35.7 Å². The molecule has 0 fully saturated rings. The van der Waals surface area contributed by atoms with E-state index < -0.39 is 5.97 Å². The predicted molar refractivity (Wildman–Crippen MR) is 105 cm³/mol. The maximum atomic E-state index is 11.4. The molecule has 1 heterocycles. The number of aromatic nitrogens is 2. The van der Waals surface area contributed by atoms with Gasteiger partial charge in [0.25, 0.3) is 0 Å². The molecule has 0 bridgehead atoms. The summed E-state index contributed by atoms with van der Waals surface area (Å²) in [4.78, 5) is 20.3. The highest BCUT2D eigenvalue weighted by molar-refractivity contribution is 5.90. The van der Waals surface area contributed by atoms with Crippen LogP contribution in [0.5, 0.6) is 5.75 Å². The molecule has 2 aromatic carbocycles. The SMILES string of the molecule is COc1ccccc1Nc1nccc(-c2ccc(C(=O)O)c(C(C)C)c2)n1. The number of para-hydroxylation sites is 2. The first kappa shape index (κ1) is 18.4. The standard InChI is InChI=1S/C21H21N3O3/c1-13(2)16-12-14(8-9-15(16)20(25)26)17-10-11-22-21(23-17)24-18-6-4-5-7-19(18)27-3/h4-13H,1-3H3,(H,25,26)(H,22,23,24). The lowest BCUT2D eigenvalue weighted by Gasteiger charge is -2.13. The highest BCUT2D eigenvalue weighted by Crippen LogP contribution is 2.28. The van der Waals surface area contributed by atoms with Gasteiger partial charge in [0.1, 0.15) is 5.75 Å². The van der Waals surface area contributed by atoms with E-state index >= 15 is 0 Å². The molecule has 27 heavy (non-hydrogen) atoms. The fourth-order valence-electron chi connectivity index (χ4n) is 2.84. The molecule has 2 N–H and O–H groups in total. The van der Waals surface area contributed by atoms with Crippen LogP contribution in [-0.4, -0.2) is 28.2 Å². The van der Waals surface area contributed by atoms with E-state index in [1.54, 1.807) is 31.5 Å². The van der Waals surface area contributed by atoms with Gasteiger partial charge in [-0.15, -0.1) is 0 Å². The monoisotopic (exact) mass is 363 g/mol. The highest BCUT2D eigenvalue weighted by Gasteiger charge is 2.15. The summed E-state index contributed by atoms with van der Waals surface area (Å²) in [6.45, 7) is 3.94. The number of ether oxygens (including phenoxy) is 1. The molecule has 138 valence electrons. The number of methoxy groups -OCH3 is 1. The Hall–Kier alpha value is -3.41. The molecule has 0 aliphatic rings. The zero-order valence-electron chi connectivity index (χ0n) is 15.4. The molecule has 6 nitrogen and oxygen atoms in total. The summed E-state index contributed by atoms with van der Waals surface area (Å²) < 4.78 is 5.34. The van der Waals surface area contributed by atoms with Crippen molar-refractivity contribution in [1.82, 2.24) is 9.97 Å². The smallest absolute Gasteiger partial charge is 0.335 e. The van der Waals surface area contributed by atoms with E-state index in [1.807, 2.05) is 44.2 Å². The van der Waals surface area contributed by atoms with Crippen LogP contribution in [0.3, 0.4) is 0 Å². The second-order valence-corrected chi connectivity index (χ2v) is 6.35. The Labute approximate surface area is 157 Å². The van der Waals surface area contributed by atoms with Crippen LogP contribution in [0.4, 0.5) is 11.6 Å². The number of nitrogens with zero attached hydrogens (tertiary/aromatic N) is 2. The molecular weight excluding hydrogens is 342 g/mol. The molecule has 0 aliphatic heterocycles. The third-order valence-electron chi connectivity index (χ3n) is 4.21. The first-order chi connectivity index (χ1) is 13.0. The minimum absolute atomic E-state index is 0.0871. The molecular formula is C21H21N3O3. The normalized spacial score (nSPS) is 10.7. The first-order valence-corrected chi connectivity index (χ1v) is 8.60. The van der Waals surface area contributed by atoms with Gasteiger partial charge >= 0.3 is 5.97 Å². The number of benzene rings is 2. The number of hydrogen-bond donors (Lipinski definition) is 2. The molecule has 0 unspecified atom stereocenters. The van der Waals surface area contributed by atoms with Gasteiger partial charge in [0, 0.05) is 11.8 Å². The number of hydrogen-bond acceptors (Lipinski definition) is 5. The molecule has 0 saturated heterocycles. The van der Waals surface area contributed by atoms with E-state index in [2.05, 4.69) is 15.3 Å². The molecule has 3 rings (SSSR count). The van der Waals surface area contributed by atoms with Gasteiger partial charge in [-0.05, 0) is 41.8 Å². The summed E-state index contributed by atoms with van der Waals surface area (Å²) >= 11 is 0. The lowest BCUT2D eigenvalue weighted by atomic mass is 9.94. The van der Waals surface area contributed by atoms with Gasteiger partial charge in [-0.25, -0.2) is 14.8 Å². The lowest BCUT2D eigenvalue weighted by molar-refractivity contribution is 0.0695. The minimum Gasteiger partial charge on any atom is -0.495 e. The maximum absolute atomic E-state index is 11.4. The van der Waals surface area contributed by atoms with E-state index in [0.717, 1.165) is 16.8 Å². The number of carboxylic acid groups (broad SMARTS) is 1. The second kappa shape index (κ2) is 7.86. The topological polar surface area (TPSA) is 84.3 Å². The minimum atomic E-state index is -0.925. The fourth-order valence-corrected chi connectivity index (χ4v) is 2.84. The van der Waals surface area contributed by atoms with Crippen LogP contribution in [0, 0.1) is 0 Å². The zero-order valence-corrected chi connectivity index (χ0v) is 15.4. The average molecular weight is 363 g/mol. The summed E-state index contributed by atoms with van der Waals surface area (Å²) in [6, 6.07) is 14.6. The van der Waals surface area contributed by atoms with Gasteiger partial charge < -0.3 is 15.2 Å². The summed E-state index contributed by atoms with van der Waals surface area (Å²) in [7, 11) is 1.61. The largest absolute Gasteiger partial charge is 0.495 e. The van der Waals surface area contributed by atoms with Crippen molar-refractivity contribution in [3.05, 3.63) is 65.9 Å². The van der Waals surface area contributed by atoms with Crippen molar-refractivity contribution in [3.8, 4) is 17.0 Å². The second-order valence-electron chi connectivity index (χ2n) is 6.35. The van der Waals surface area contributed by atoms with Crippen LogP contribution in [-0.2, 0) is 0 Å². The maximum Gasteiger partial charge on any atom is 0.335 e. The molecule has 0 aliphatic carbocycles. The third kappa shape index (κ3) is 4.06. The Morgan fingerprint density at radius 2 is 1.93 bits per heavy atom. The van der Waals surface area contributed by atoms with E-state index in [1.165, 1.54) is 0 Å². The summed E-state index contributed by atoms with van der Waals surface area (Å²) in [5.74, 6) is 0.292.